The summed E-state index contributed by atoms with van der Waals surface area (Å²) in [7, 11) is 0. The minimum absolute atomic E-state index is 0.260. The minimum Gasteiger partial charge on any atom is -0.488 e. The summed E-state index contributed by atoms with van der Waals surface area (Å²) in [4.78, 5) is 0. The monoisotopic (exact) mass is 348 g/mol. The number of halogens is 1. The van der Waals surface area contributed by atoms with Crippen molar-refractivity contribution in [2.45, 2.75) is 19.8 Å². The van der Waals surface area contributed by atoms with Crippen LogP contribution in [0.1, 0.15) is 23.0 Å². The van der Waals surface area contributed by atoms with Crippen LogP contribution >= 0.6 is 15.9 Å². The number of hydrogen-bond donors (Lipinski definition) is 0. The van der Waals surface area contributed by atoms with Crippen molar-refractivity contribution >= 4 is 15.9 Å². The van der Waals surface area contributed by atoms with Crippen molar-refractivity contribution in [3.8, 4) is 5.75 Å². The summed E-state index contributed by atoms with van der Waals surface area (Å²) in [5.74, 6) is 0.832. The molecule has 2 aromatic carbocycles. The van der Waals surface area contributed by atoms with Crippen LogP contribution in [0.5, 0.6) is 5.75 Å². The zero-order chi connectivity index (χ0) is 14.7. The molecule has 1 saturated heterocycles. The molecular formula is C17H17BrO3. The van der Waals surface area contributed by atoms with Crippen LogP contribution in [-0.2, 0) is 16.1 Å². The van der Waals surface area contributed by atoms with E-state index < -0.39 is 0 Å². The maximum Gasteiger partial charge on any atom is 0.184 e. The molecule has 0 atom stereocenters. The van der Waals surface area contributed by atoms with E-state index in [1.165, 1.54) is 0 Å². The molecule has 2 aromatic rings. The van der Waals surface area contributed by atoms with Crippen LogP contribution in [0, 0.1) is 6.92 Å². The van der Waals surface area contributed by atoms with Gasteiger partial charge in [0.2, 0.25) is 0 Å². The van der Waals surface area contributed by atoms with Gasteiger partial charge in [-0.25, -0.2) is 0 Å². The zero-order valence-corrected chi connectivity index (χ0v) is 13.4. The van der Waals surface area contributed by atoms with Gasteiger partial charge in [0.25, 0.3) is 0 Å². The maximum absolute atomic E-state index is 5.89. The topological polar surface area (TPSA) is 27.7 Å². The molecule has 1 aliphatic heterocycles. The fraction of sp³-hybridized carbons (Fsp3) is 0.294. The molecule has 0 N–H and O–H groups in total. The Labute approximate surface area is 133 Å². The molecule has 1 fully saturated rings. The average Bonchev–Trinajstić information content (AvgIpc) is 3.03. The van der Waals surface area contributed by atoms with Crippen LogP contribution in [0.3, 0.4) is 0 Å². The molecule has 0 unspecified atom stereocenters. The van der Waals surface area contributed by atoms with Crippen LogP contribution in [0.25, 0.3) is 0 Å². The van der Waals surface area contributed by atoms with Crippen molar-refractivity contribution in [2.75, 3.05) is 13.2 Å². The Morgan fingerprint density at radius 2 is 1.86 bits per heavy atom. The Bertz CT molecular complexity index is 607. The van der Waals surface area contributed by atoms with Crippen LogP contribution in [-0.4, -0.2) is 13.2 Å². The summed E-state index contributed by atoms with van der Waals surface area (Å²) in [6.45, 7) is 3.89. The molecule has 0 radical (unpaired) electrons. The van der Waals surface area contributed by atoms with Crippen LogP contribution < -0.4 is 4.74 Å². The number of rotatable bonds is 4. The molecule has 0 aromatic heterocycles. The van der Waals surface area contributed by atoms with Crippen LogP contribution in [0.2, 0.25) is 0 Å². The van der Waals surface area contributed by atoms with Crippen LogP contribution in [0.4, 0.5) is 0 Å². The van der Waals surface area contributed by atoms with Gasteiger partial charge < -0.3 is 14.2 Å². The summed E-state index contributed by atoms with van der Waals surface area (Å²) in [5, 5.41) is 0. The summed E-state index contributed by atoms with van der Waals surface area (Å²) >= 11 is 3.57. The van der Waals surface area contributed by atoms with Gasteiger partial charge in [-0.15, -0.1) is 0 Å². The summed E-state index contributed by atoms with van der Waals surface area (Å²) < 4.78 is 17.9. The Balaban J connectivity index is 1.75. The largest absolute Gasteiger partial charge is 0.488 e. The van der Waals surface area contributed by atoms with Gasteiger partial charge in [-0.3, -0.25) is 0 Å². The fourth-order valence-electron chi connectivity index (χ4n) is 2.31. The molecule has 1 heterocycles. The highest BCUT2D eigenvalue weighted by molar-refractivity contribution is 9.10. The Morgan fingerprint density at radius 1 is 1.14 bits per heavy atom. The predicted octanol–water partition coefficient (Wildman–Crippen LogP) is 4.38. The molecule has 21 heavy (non-hydrogen) atoms. The number of benzene rings is 2. The molecular weight excluding hydrogens is 332 g/mol. The van der Waals surface area contributed by atoms with Gasteiger partial charge in [-0.05, 0) is 46.1 Å². The normalized spacial score (nSPS) is 15.3. The van der Waals surface area contributed by atoms with Gasteiger partial charge in [-0.2, -0.15) is 0 Å². The predicted molar refractivity (Wildman–Crippen MR) is 84.3 cm³/mol. The van der Waals surface area contributed by atoms with Crippen molar-refractivity contribution in [1.29, 1.82) is 0 Å². The fourth-order valence-corrected chi connectivity index (χ4v) is 2.78. The van der Waals surface area contributed by atoms with E-state index in [0.717, 1.165) is 26.9 Å². The van der Waals surface area contributed by atoms with Gasteiger partial charge in [0.05, 0.1) is 17.7 Å². The molecule has 0 bridgehead atoms. The number of hydrogen-bond acceptors (Lipinski definition) is 3. The van der Waals surface area contributed by atoms with E-state index in [1.54, 1.807) is 0 Å². The quantitative estimate of drug-likeness (QED) is 0.820. The van der Waals surface area contributed by atoms with Crippen molar-refractivity contribution < 1.29 is 14.2 Å². The van der Waals surface area contributed by atoms with E-state index in [2.05, 4.69) is 28.1 Å². The summed E-state index contributed by atoms with van der Waals surface area (Å²) in [6, 6.07) is 14.2. The minimum atomic E-state index is -0.260. The maximum atomic E-state index is 5.89. The Morgan fingerprint density at radius 3 is 2.57 bits per heavy atom. The molecule has 3 rings (SSSR count). The lowest BCUT2D eigenvalue weighted by molar-refractivity contribution is -0.0446. The van der Waals surface area contributed by atoms with E-state index in [1.807, 2.05) is 37.3 Å². The van der Waals surface area contributed by atoms with Gasteiger partial charge in [0.1, 0.15) is 12.4 Å². The lowest BCUT2D eigenvalue weighted by Gasteiger charge is -2.16. The molecule has 4 heteroatoms. The number of ether oxygens (including phenoxy) is 3. The second kappa shape index (κ2) is 6.60. The SMILES string of the molecule is Cc1cc(OCc2ccccc2)c(Br)cc1C1OCCO1. The summed E-state index contributed by atoms with van der Waals surface area (Å²) in [5.41, 5.74) is 3.30. The van der Waals surface area contributed by atoms with Gasteiger partial charge in [-0.1, -0.05) is 30.3 Å². The first-order valence-corrected chi connectivity index (χ1v) is 7.73. The van der Waals surface area contributed by atoms with Gasteiger partial charge >= 0.3 is 0 Å². The second-order valence-corrected chi connectivity index (χ2v) is 5.84. The van der Waals surface area contributed by atoms with Gasteiger partial charge in [0.15, 0.2) is 6.29 Å². The lowest BCUT2D eigenvalue weighted by atomic mass is 10.1. The first-order valence-electron chi connectivity index (χ1n) is 6.94. The highest BCUT2D eigenvalue weighted by atomic mass is 79.9. The lowest BCUT2D eigenvalue weighted by Crippen LogP contribution is -2.03. The second-order valence-electron chi connectivity index (χ2n) is 4.99. The van der Waals surface area contributed by atoms with Crippen molar-refractivity contribution in [3.63, 3.8) is 0 Å². The molecule has 3 nitrogen and oxygen atoms in total. The average molecular weight is 349 g/mol. The molecule has 0 saturated carbocycles. The van der Waals surface area contributed by atoms with Crippen molar-refractivity contribution in [3.05, 3.63) is 63.6 Å². The molecule has 0 aliphatic carbocycles. The van der Waals surface area contributed by atoms with Crippen LogP contribution in [0.15, 0.2) is 46.9 Å². The highest BCUT2D eigenvalue weighted by Gasteiger charge is 2.21. The standard InChI is InChI=1S/C17H17BrO3/c1-12-9-16(21-11-13-5-3-2-4-6-13)15(18)10-14(12)17-19-7-8-20-17/h2-6,9-10,17H,7-8,11H2,1H3. The Kier molecular flexibility index (Phi) is 4.58. The van der Waals surface area contributed by atoms with E-state index >= 15 is 0 Å². The zero-order valence-electron chi connectivity index (χ0n) is 11.8. The third-order valence-corrected chi connectivity index (χ3v) is 4.05. The first kappa shape index (κ1) is 14.6. The molecule has 1 aliphatic rings. The van der Waals surface area contributed by atoms with Crippen molar-refractivity contribution in [2.24, 2.45) is 0 Å². The number of aryl methyl sites for hydroxylation is 1. The highest BCUT2D eigenvalue weighted by Crippen LogP contribution is 2.34. The van der Waals surface area contributed by atoms with Crippen molar-refractivity contribution in [1.82, 2.24) is 0 Å². The molecule has 0 amide bonds. The van der Waals surface area contributed by atoms with E-state index in [0.29, 0.717) is 19.8 Å². The molecule has 0 spiro atoms. The first-order chi connectivity index (χ1) is 10.2. The smallest absolute Gasteiger partial charge is 0.184 e. The summed E-state index contributed by atoms with van der Waals surface area (Å²) in [6.07, 6.45) is -0.260. The third-order valence-electron chi connectivity index (χ3n) is 3.43. The molecule has 110 valence electrons. The van der Waals surface area contributed by atoms with E-state index in [4.69, 9.17) is 14.2 Å². The van der Waals surface area contributed by atoms with E-state index in [-0.39, 0.29) is 6.29 Å². The van der Waals surface area contributed by atoms with E-state index in [9.17, 15) is 0 Å². The third kappa shape index (κ3) is 3.46. The van der Waals surface area contributed by atoms with Gasteiger partial charge in [0, 0.05) is 5.56 Å². The Hall–Kier alpha value is -1.36.